The lowest BCUT2D eigenvalue weighted by atomic mass is 9.93. The molecule has 1 aromatic rings. The lowest BCUT2D eigenvalue weighted by molar-refractivity contribution is 0.00526. The maximum absolute atomic E-state index is 13.4. The molecular formula is C12H15F3N2O2. The van der Waals surface area contributed by atoms with Gasteiger partial charge in [-0.1, -0.05) is 0 Å². The van der Waals surface area contributed by atoms with Crippen molar-refractivity contribution in [2.24, 2.45) is 5.92 Å². The van der Waals surface area contributed by atoms with E-state index < -0.39 is 24.5 Å². The van der Waals surface area contributed by atoms with Gasteiger partial charge in [-0.05, 0) is 19.8 Å². The number of halogens is 3. The molecule has 2 rings (SSSR count). The molecule has 0 fully saturated rings. The van der Waals surface area contributed by atoms with Crippen LogP contribution in [0.3, 0.4) is 0 Å². The third kappa shape index (κ3) is 2.74. The van der Waals surface area contributed by atoms with Crippen molar-refractivity contribution in [3.8, 4) is 0 Å². The molecule has 0 amide bonds. The van der Waals surface area contributed by atoms with Gasteiger partial charge >= 0.3 is 5.97 Å². The average molecular weight is 276 g/mol. The van der Waals surface area contributed by atoms with Gasteiger partial charge in [0.25, 0.3) is 6.43 Å². The highest BCUT2D eigenvalue weighted by Gasteiger charge is 2.34. The maximum atomic E-state index is 13.4. The lowest BCUT2D eigenvalue weighted by Crippen LogP contribution is -2.33. The summed E-state index contributed by atoms with van der Waals surface area (Å²) < 4.78 is 44.5. The Balaban J connectivity index is 2.18. The summed E-state index contributed by atoms with van der Waals surface area (Å²) in [6.07, 6.45) is -2.89. The molecule has 2 heterocycles. The zero-order chi connectivity index (χ0) is 14.0. The first-order valence-corrected chi connectivity index (χ1v) is 6.18. The number of nitrogens with zero attached hydrogens (tertiary/aromatic N) is 2. The van der Waals surface area contributed by atoms with Crippen molar-refractivity contribution in [3.63, 3.8) is 0 Å². The van der Waals surface area contributed by atoms with Crippen LogP contribution in [0.4, 0.5) is 13.2 Å². The smallest absolute Gasteiger partial charge is 0.374 e. The summed E-state index contributed by atoms with van der Waals surface area (Å²) in [4.78, 5) is 15.6. The van der Waals surface area contributed by atoms with Crippen LogP contribution >= 0.6 is 0 Å². The Hall–Kier alpha value is -1.53. The molecule has 4 nitrogen and oxygen atoms in total. The normalized spacial score (nSPS) is 20.2. The first-order valence-electron chi connectivity index (χ1n) is 6.18. The number of hydrogen-bond donors (Lipinski definition) is 0. The van der Waals surface area contributed by atoms with Crippen LogP contribution in [0.2, 0.25) is 0 Å². The number of alkyl halides is 3. The van der Waals surface area contributed by atoms with Crippen molar-refractivity contribution in [2.75, 3.05) is 6.61 Å². The molecule has 0 spiro atoms. The molecule has 1 aromatic heterocycles. The fraction of sp³-hybridized carbons (Fsp3) is 0.667. The summed E-state index contributed by atoms with van der Waals surface area (Å²) in [6, 6.07) is 0. The minimum absolute atomic E-state index is 0.0367. The van der Waals surface area contributed by atoms with Gasteiger partial charge in [0.15, 0.2) is 6.17 Å². The highest BCUT2D eigenvalue weighted by atomic mass is 19.3. The molecule has 0 N–H and O–H groups in total. The minimum Gasteiger partial charge on any atom is -0.460 e. The predicted molar refractivity (Wildman–Crippen MR) is 60.9 cm³/mol. The van der Waals surface area contributed by atoms with E-state index in [1.165, 1.54) is 10.8 Å². The largest absolute Gasteiger partial charge is 0.460 e. The van der Waals surface area contributed by atoms with Crippen LogP contribution in [0.25, 0.3) is 0 Å². The van der Waals surface area contributed by atoms with E-state index in [1.807, 2.05) is 0 Å². The number of fused-ring (bicyclic) bond motifs is 1. The summed E-state index contributed by atoms with van der Waals surface area (Å²) in [5.41, 5.74) is 0.751. The molecule has 2 atom stereocenters. The average Bonchev–Trinajstić information content (AvgIpc) is 2.80. The SMILES string of the molecule is CCOC(=O)c1ncc2n1CC(C(F)C(F)F)CC2. The molecule has 0 aliphatic carbocycles. The van der Waals surface area contributed by atoms with Gasteiger partial charge in [-0.25, -0.2) is 22.9 Å². The van der Waals surface area contributed by atoms with Gasteiger partial charge in [0.2, 0.25) is 5.82 Å². The van der Waals surface area contributed by atoms with Crippen LogP contribution in [0, 0.1) is 5.92 Å². The summed E-state index contributed by atoms with van der Waals surface area (Å²) in [6.45, 7) is 1.90. The van der Waals surface area contributed by atoms with Crippen molar-refractivity contribution in [1.82, 2.24) is 9.55 Å². The van der Waals surface area contributed by atoms with Gasteiger partial charge < -0.3 is 9.30 Å². The van der Waals surface area contributed by atoms with Crippen LogP contribution in [0.1, 0.15) is 29.7 Å². The van der Waals surface area contributed by atoms with Crippen LogP contribution < -0.4 is 0 Å². The predicted octanol–water partition coefficient (Wildman–Crippen LogP) is 2.23. The van der Waals surface area contributed by atoms with Crippen molar-refractivity contribution in [1.29, 1.82) is 0 Å². The molecule has 19 heavy (non-hydrogen) atoms. The van der Waals surface area contributed by atoms with E-state index in [4.69, 9.17) is 4.74 Å². The van der Waals surface area contributed by atoms with Crippen molar-refractivity contribution < 1.29 is 22.7 Å². The van der Waals surface area contributed by atoms with Gasteiger partial charge in [-0.2, -0.15) is 0 Å². The highest BCUT2D eigenvalue weighted by Crippen LogP contribution is 2.28. The zero-order valence-corrected chi connectivity index (χ0v) is 10.5. The minimum atomic E-state index is -3.00. The summed E-state index contributed by atoms with van der Waals surface area (Å²) in [5, 5.41) is 0. The molecular weight excluding hydrogens is 261 g/mol. The Morgan fingerprint density at radius 3 is 2.95 bits per heavy atom. The molecule has 0 bridgehead atoms. The molecule has 1 aliphatic rings. The van der Waals surface area contributed by atoms with E-state index in [-0.39, 0.29) is 19.0 Å². The summed E-state index contributed by atoms with van der Waals surface area (Å²) >= 11 is 0. The first-order chi connectivity index (χ1) is 9.04. The number of carbonyl (C=O) groups is 1. The first kappa shape index (κ1) is 13.9. The van der Waals surface area contributed by atoms with E-state index in [9.17, 15) is 18.0 Å². The Kier molecular flexibility index (Phi) is 4.11. The molecule has 0 radical (unpaired) electrons. The Morgan fingerprint density at radius 1 is 1.58 bits per heavy atom. The number of aromatic nitrogens is 2. The molecule has 2 unspecified atom stereocenters. The van der Waals surface area contributed by atoms with Crippen molar-refractivity contribution >= 4 is 5.97 Å². The monoisotopic (exact) mass is 276 g/mol. The van der Waals surface area contributed by atoms with Crippen LogP contribution in [0.5, 0.6) is 0 Å². The van der Waals surface area contributed by atoms with Gasteiger partial charge in [0, 0.05) is 24.4 Å². The van der Waals surface area contributed by atoms with Gasteiger partial charge in [-0.15, -0.1) is 0 Å². The topological polar surface area (TPSA) is 44.1 Å². The molecule has 106 valence electrons. The molecule has 0 saturated carbocycles. The highest BCUT2D eigenvalue weighted by molar-refractivity contribution is 5.85. The molecule has 1 aliphatic heterocycles. The number of rotatable bonds is 4. The third-order valence-corrected chi connectivity index (χ3v) is 3.28. The van der Waals surface area contributed by atoms with Gasteiger partial charge in [0.05, 0.1) is 6.61 Å². The van der Waals surface area contributed by atoms with E-state index in [1.54, 1.807) is 6.92 Å². The maximum Gasteiger partial charge on any atom is 0.374 e. The van der Waals surface area contributed by atoms with Crippen molar-refractivity contribution in [3.05, 3.63) is 17.7 Å². The van der Waals surface area contributed by atoms with Gasteiger partial charge in [-0.3, -0.25) is 0 Å². The number of carbonyl (C=O) groups excluding carboxylic acids is 1. The van der Waals surface area contributed by atoms with E-state index in [0.717, 1.165) is 5.69 Å². The fourth-order valence-corrected chi connectivity index (χ4v) is 2.30. The quantitative estimate of drug-likeness (QED) is 0.792. The number of aryl methyl sites for hydroxylation is 1. The zero-order valence-electron chi connectivity index (χ0n) is 10.5. The van der Waals surface area contributed by atoms with Crippen LogP contribution in [0.15, 0.2) is 6.20 Å². The number of imidazole rings is 1. The number of hydrogen-bond acceptors (Lipinski definition) is 3. The summed E-state index contributed by atoms with van der Waals surface area (Å²) in [5.74, 6) is -1.35. The second-order valence-corrected chi connectivity index (χ2v) is 4.48. The van der Waals surface area contributed by atoms with Crippen molar-refractivity contribution in [2.45, 2.75) is 38.9 Å². The standard InChI is InChI=1S/C12H15F3N2O2/c1-2-19-12(18)11-16-5-8-4-3-7(6-17(8)11)9(13)10(14)15/h5,7,9-10H,2-4,6H2,1H3. The lowest BCUT2D eigenvalue weighted by Gasteiger charge is -2.27. The van der Waals surface area contributed by atoms with E-state index >= 15 is 0 Å². The fourth-order valence-electron chi connectivity index (χ4n) is 2.30. The number of ether oxygens (including phenoxy) is 1. The van der Waals surface area contributed by atoms with Gasteiger partial charge in [0.1, 0.15) is 0 Å². The van der Waals surface area contributed by atoms with Crippen LogP contribution in [-0.2, 0) is 17.7 Å². The Bertz CT molecular complexity index is 462. The van der Waals surface area contributed by atoms with E-state index in [0.29, 0.717) is 12.8 Å². The number of esters is 1. The molecule has 0 aromatic carbocycles. The van der Waals surface area contributed by atoms with E-state index in [2.05, 4.69) is 4.98 Å². The molecule has 0 saturated heterocycles. The molecule has 7 heteroatoms. The Morgan fingerprint density at radius 2 is 2.32 bits per heavy atom. The third-order valence-electron chi connectivity index (χ3n) is 3.28. The Labute approximate surface area is 108 Å². The van der Waals surface area contributed by atoms with Crippen LogP contribution in [-0.4, -0.2) is 34.7 Å². The second kappa shape index (κ2) is 5.63. The summed E-state index contributed by atoms with van der Waals surface area (Å²) in [7, 11) is 0. The second-order valence-electron chi connectivity index (χ2n) is 4.48.